The molecule has 0 radical (unpaired) electrons. The van der Waals surface area contributed by atoms with E-state index in [1.54, 1.807) is 23.0 Å². The van der Waals surface area contributed by atoms with Gasteiger partial charge < -0.3 is 4.98 Å². The number of sulfonamides is 1. The minimum atomic E-state index is -4.21. The molecule has 0 saturated carbocycles. The van der Waals surface area contributed by atoms with Crippen molar-refractivity contribution in [3.05, 3.63) is 50.8 Å². The van der Waals surface area contributed by atoms with Gasteiger partial charge in [-0.05, 0) is 37.1 Å². The second kappa shape index (κ2) is 7.90. The van der Waals surface area contributed by atoms with Crippen LogP contribution in [-0.2, 0) is 27.8 Å². The van der Waals surface area contributed by atoms with E-state index in [0.717, 1.165) is 23.1 Å². The van der Waals surface area contributed by atoms with E-state index in [4.69, 9.17) is 0 Å². The summed E-state index contributed by atoms with van der Waals surface area (Å²) in [7, 11) is -4.21. The lowest BCUT2D eigenvalue weighted by Crippen LogP contribution is -2.55. The zero-order valence-electron chi connectivity index (χ0n) is 17.2. The van der Waals surface area contributed by atoms with Gasteiger partial charge in [0.25, 0.3) is 21.5 Å². The number of aromatic amines is 1. The van der Waals surface area contributed by atoms with Crippen molar-refractivity contribution in [2.75, 3.05) is 10.7 Å². The molecule has 0 fully saturated rings. The largest absolute Gasteiger partial charge is 0.349 e. The Morgan fingerprint density at radius 1 is 1.20 bits per heavy atom. The first-order valence-electron chi connectivity index (χ1n) is 9.51. The summed E-state index contributed by atoms with van der Waals surface area (Å²) in [6.45, 7) is 5.94. The number of amides is 1. The van der Waals surface area contributed by atoms with Crippen LogP contribution in [0.2, 0.25) is 0 Å². The maximum atomic E-state index is 13.2. The summed E-state index contributed by atoms with van der Waals surface area (Å²) in [5.74, 6) is -0.890. The predicted octanol–water partition coefficient (Wildman–Crippen LogP) is 0.970. The highest BCUT2D eigenvalue weighted by atomic mass is 32.2. The van der Waals surface area contributed by atoms with E-state index in [-0.39, 0.29) is 21.7 Å². The number of nitrogens with zero attached hydrogens (tertiary/aromatic N) is 4. The van der Waals surface area contributed by atoms with Gasteiger partial charge in [-0.25, -0.2) is 13.2 Å². The summed E-state index contributed by atoms with van der Waals surface area (Å²) in [5.41, 5.74) is 0.781. The summed E-state index contributed by atoms with van der Waals surface area (Å²) < 4.78 is 26.7. The van der Waals surface area contributed by atoms with Crippen molar-refractivity contribution in [2.24, 2.45) is 0 Å². The van der Waals surface area contributed by atoms with Crippen molar-refractivity contribution in [2.45, 2.75) is 40.2 Å². The monoisotopic (exact) mass is 433 g/mol. The van der Waals surface area contributed by atoms with Crippen LogP contribution in [0.1, 0.15) is 32.8 Å². The first-order valence-corrected chi connectivity index (χ1v) is 11.4. The van der Waals surface area contributed by atoms with Gasteiger partial charge in [0.05, 0.1) is 22.9 Å². The van der Waals surface area contributed by atoms with E-state index in [1.807, 2.05) is 19.9 Å². The van der Waals surface area contributed by atoms with Crippen molar-refractivity contribution >= 4 is 26.8 Å². The smallest absolute Gasteiger partial charge is 0.305 e. The molecule has 2 aromatic heterocycles. The van der Waals surface area contributed by atoms with Crippen LogP contribution >= 0.6 is 0 Å². The van der Waals surface area contributed by atoms with Gasteiger partial charge in [-0.2, -0.15) is 5.10 Å². The number of benzene rings is 1. The molecule has 1 N–H and O–H groups in total. The van der Waals surface area contributed by atoms with Crippen molar-refractivity contribution in [3.8, 4) is 11.3 Å². The number of hydrogen-bond acceptors (Lipinski definition) is 6. The number of fused-ring (bicyclic) bond motifs is 1. The molecule has 10 nitrogen and oxygen atoms in total. The third-order valence-electron chi connectivity index (χ3n) is 4.78. The molecule has 0 bridgehead atoms. The fraction of sp³-hybridized carbons (Fsp3) is 0.368. The number of nitrogens with one attached hydrogen (secondary N) is 1. The quantitative estimate of drug-likeness (QED) is 0.617. The molecule has 0 spiro atoms. The van der Waals surface area contributed by atoms with Gasteiger partial charge >= 0.3 is 5.69 Å². The van der Waals surface area contributed by atoms with Gasteiger partial charge in [-0.15, -0.1) is 9.09 Å². The topological polar surface area (TPSA) is 127 Å². The first-order chi connectivity index (χ1) is 14.1. The van der Waals surface area contributed by atoms with Crippen LogP contribution in [0.4, 0.5) is 0 Å². The molecule has 1 aromatic carbocycles. The van der Waals surface area contributed by atoms with E-state index in [2.05, 4.69) is 10.1 Å². The molecule has 2 heterocycles. The van der Waals surface area contributed by atoms with Crippen LogP contribution in [0, 0.1) is 0 Å². The summed E-state index contributed by atoms with van der Waals surface area (Å²) >= 11 is 0. The molecule has 1 amide bonds. The highest BCUT2D eigenvalue weighted by Crippen LogP contribution is 2.27. The molecule has 0 saturated heterocycles. The number of rotatable bonds is 6. The number of carbonyl (C=O) groups is 1. The predicted molar refractivity (Wildman–Crippen MR) is 113 cm³/mol. The number of H-pyrrole nitrogens is 1. The van der Waals surface area contributed by atoms with Gasteiger partial charge in [-0.3, -0.25) is 14.3 Å². The second-order valence-electron chi connectivity index (χ2n) is 6.74. The Bertz CT molecular complexity index is 1350. The van der Waals surface area contributed by atoms with Gasteiger partial charge in [0.2, 0.25) is 0 Å². The van der Waals surface area contributed by atoms with Crippen LogP contribution in [-0.4, -0.2) is 40.0 Å². The van der Waals surface area contributed by atoms with E-state index in [1.165, 1.54) is 6.92 Å². The molecule has 11 heteroatoms. The first kappa shape index (κ1) is 21.5. The second-order valence-corrected chi connectivity index (χ2v) is 8.55. The summed E-state index contributed by atoms with van der Waals surface area (Å²) in [6.07, 6.45) is 2.85. The van der Waals surface area contributed by atoms with Crippen molar-refractivity contribution in [3.63, 3.8) is 0 Å². The average molecular weight is 433 g/mol. The molecule has 0 unspecified atom stereocenters. The summed E-state index contributed by atoms with van der Waals surface area (Å²) in [4.78, 5) is 40.6. The molecule has 0 aliphatic carbocycles. The zero-order valence-corrected chi connectivity index (χ0v) is 18.0. The Labute approximate surface area is 172 Å². The van der Waals surface area contributed by atoms with Crippen molar-refractivity contribution in [1.82, 2.24) is 19.4 Å². The Morgan fingerprint density at radius 2 is 1.90 bits per heavy atom. The number of hydrogen-bond donors (Lipinski definition) is 1. The van der Waals surface area contributed by atoms with Gasteiger partial charge in [0.15, 0.2) is 0 Å². The summed E-state index contributed by atoms with van der Waals surface area (Å²) in [5, 5.41) is 4.35. The van der Waals surface area contributed by atoms with Crippen LogP contribution in [0.25, 0.3) is 22.2 Å². The number of aryl methyl sites for hydroxylation is 2. The molecule has 3 aromatic rings. The van der Waals surface area contributed by atoms with Crippen LogP contribution in [0.3, 0.4) is 0 Å². The lowest BCUT2D eigenvalue weighted by molar-refractivity contribution is -0.118. The molecular formula is C19H23N5O5S. The Morgan fingerprint density at radius 3 is 2.47 bits per heavy atom. The maximum absolute atomic E-state index is 13.2. The van der Waals surface area contributed by atoms with Crippen molar-refractivity contribution in [1.29, 1.82) is 0 Å². The normalized spacial score (nSPS) is 11.7. The Hall–Kier alpha value is -3.21. The average Bonchev–Trinajstić information content (AvgIpc) is 3.17. The molecule has 3 rings (SSSR count). The van der Waals surface area contributed by atoms with E-state index >= 15 is 0 Å². The molecular weight excluding hydrogens is 410 g/mol. The number of carbonyl (C=O) groups excluding carboxylic acids is 1. The van der Waals surface area contributed by atoms with E-state index in [9.17, 15) is 22.8 Å². The molecule has 30 heavy (non-hydrogen) atoms. The number of aromatic nitrogens is 4. The van der Waals surface area contributed by atoms with Gasteiger partial charge in [-0.1, -0.05) is 13.8 Å². The highest BCUT2D eigenvalue weighted by Gasteiger charge is 2.28. The maximum Gasteiger partial charge on any atom is 0.349 e. The fourth-order valence-electron chi connectivity index (χ4n) is 3.39. The minimum Gasteiger partial charge on any atom is -0.305 e. The van der Waals surface area contributed by atoms with Crippen LogP contribution < -0.4 is 15.7 Å². The molecule has 0 aliphatic rings. The van der Waals surface area contributed by atoms with Crippen molar-refractivity contribution < 1.29 is 13.2 Å². The van der Waals surface area contributed by atoms with Crippen LogP contribution in [0.15, 0.2) is 34.0 Å². The third-order valence-corrected chi connectivity index (χ3v) is 5.78. The molecule has 160 valence electrons. The molecule has 0 aliphatic heterocycles. The van der Waals surface area contributed by atoms with E-state index < -0.39 is 27.2 Å². The Kier molecular flexibility index (Phi) is 5.66. The van der Waals surface area contributed by atoms with Crippen LogP contribution in [0.5, 0.6) is 0 Å². The third kappa shape index (κ3) is 3.56. The SMILES string of the molecule is CCC(=O)N(n1c(=O)[nH]c2cc(CC)c(-c3ccnn3CC)cc2c1=O)S(C)(=O)=O. The minimum absolute atomic E-state index is 0.0863. The Balaban J connectivity index is 2.41. The summed E-state index contributed by atoms with van der Waals surface area (Å²) in [6, 6.07) is 5.11. The standard InChI is InChI=1S/C19H23N5O5S/c1-5-12-10-15-14(11-13(12)16-8-9-20-22(16)7-3)18(26)23(19(27)21-15)24(17(25)6-2)30(4,28)29/h8-11H,5-7H2,1-4H3,(H,21,27). The fourth-order valence-corrected chi connectivity index (χ4v) is 4.33. The lowest BCUT2D eigenvalue weighted by atomic mass is 9.99. The van der Waals surface area contributed by atoms with E-state index in [0.29, 0.717) is 17.6 Å². The van der Waals surface area contributed by atoms with Gasteiger partial charge in [0, 0.05) is 24.7 Å². The highest BCUT2D eigenvalue weighted by molar-refractivity contribution is 7.92. The molecule has 0 atom stereocenters. The zero-order chi connectivity index (χ0) is 22.2. The van der Waals surface area contributed by atoms with Gasteiger partial charge in [0.1, 0.15) is 0 Å². The lowest BCUT2D eigenvalue weighted by Gasteiger charge is -2.21.